The van der Waals surface area contributed by atoms with Crippen LogP contribution in [0.3, 0.4) is 0 Å². The zero-order valence-corrected chi connectivity index (χ0v) is 13.4. The second-order valence-electron chi connectivity index (χ2n) is 5.36. The Hall–Kier alpha value is -2.15. The van der Waals surface area contributed by atoms with Crippen LogP contribution in [0.25, 0.3) is 16.6 Å². The first-order valence-corrected chi connectivity index (χ1v) is 7.65. The summed E-state index contributed by atoms with van der Waals surface area (Å²) >= 11 is 6.21. The lowest BCUT2D eigenvalue weighted by Crippen LogP contribution is -2.26. The maximum Gasteiger partial charge on any atom is 0.265 e. The molecule has 0 unspecified atom stereocenters. The van der Waals surface area contributed by atoms with E-state index in [-0.39, 0.29) is 18.2 Å². The molecule has 0 amide bonds. The van der Waals surface area contributed by atoms with Crippen molar-refractivity contribution in [1.82, 2.24) is 14.3 Å². The summed E-state index contributed by atoms with van der Waals surface area (Å²) in [6, 6.07) is 8.54. The number of rotatable bonds is 4. The molecule has 2 aromatic heterocycles. The van der Waals surface area contributed by atoms with Gasteiger partial charge in [0.1, 0.15) is 0 Å². The molecule has 120 valence electrons. The van der Waals surface area contributed by atoms with Gasteiger partial charge in [-0.1, -0.05) is 23.7 Å². The molecule has 23 heavy (non-hydrogen) atoms. The smallest absolute Gasteiger partial charge is 0.265 e. The van der Waals surface area contributed by atoms with Crippen LogP contribution in [0.2, 0.25) is 5.02 Å². The number of hydrogen-bond donors (Lipinski definition) is 2. The molecule has 0 aliphatic rings. The third kappa shape index (κ3) is 2.76. The number of aliphatic hydroxyl groups excluding tert-OH is 1. The highest BCUT2D eigenvalue weighted by Crippen LogP contribution is 2.24. The van der Waals surface area contributed by atoms with Crippen molar-refractivity contribution in [2.45, 2.75) is 19.5 Å². The third-order valence-electron chi connectivity index (χ3n) is 3.68. The summed E-state index contributed by atoms with van der Waals surface area (Å²) in [5, 5.41) is 14.9. The maximum atomic E-state index is 13.0. The lowest BCUT2D eigenvalue weighted by molar-refractivity contribution is 0.269. The fourth-order valence-electron chi connectivity index (χ4n) is 2.61. The molecule has 0 aliphatic heterocycles. The predicted octanol–water partition coefficient (Wildman–Crippen LogP) is 1.85. The molecule has 0 bridgehead atoms. The van der Waals surface area contributed by atoms with Crippen molar-refractivity contribution in [3.8, 4) is 5.82 Å². The Morgan fingerprint density at radius 3 is 2.87 bits per heavy atom. The first-order chi connectivity index (χ1) is 11.0. The van der Waals surface area contributed by atoms with E-state index in [1.54, 1.807) is 29.1 Å². The summed E-state index contributed by atoms with van der Waals surface area (Å²) in [5.41, 5.74) is 6.44. The molecule has 2 heterocycles. The van der Waals surface area contributed by atoms with Crippen LogP contribution in [0, 0.1) is 0 Å². The van der Waals surface area contributed by atoms with Crippen LogP contribution in [0.15, 0.2) is 41.3 Å². The lowest BCUT2D eigenvalue weighted by atomic mass is 10.1. The van der Waals surface area contributed by atoms with Gasteiger partial charge < -0.3 is 10.8 Å². The summed E-state index contributed by atoms with van der Waals surface area (Å²) in [6.45, 7) is 2.14. The number of benzene rings is 1. The molecular weight excluding hydrogens is 316 g/mol. The molecule has 0 spiro atoms. The molecule has 0 saturated carbocycles. The van der Waals surface area contributed by atoms with E-state index in [0.29, 0.717) is 28.5 Å². The molecule has 1 aromatic carbocycles. The Labute approximate surface area is 137 Å². The summed E-state index contributed by atoms with van der Waals surface area (Å²) in [4.78, 5) is 13.0. The van der Waals surface area contributed by atoms with Crippen LogP contribution in [0.4, 0.5) is 0 Å². The molecule has 3 N–H and O–H groups in total. The van der Waals surface area contributed by atoms with Gasteiger partial charge >= 0.3 is 0 Å². The van der Waals surface area contributed by atoms with E-state index in [1.807, 2.05) is 19.1 Å². The van der Waals surface area contributed by atoms with E-state index < -0.39 is 0 Å². The van der Waals surface area contributed by atoms with Crippen LogP contribution < -0.4 is 11.3 Å². The Morgan fingerprint density at radius 1 is 1.39 bits per heavy atom. The van der Waals surface area contributed by atoms with E-state index in [1.165, 1.54) is 4.57 Å². The first-order valence-electron chi connectivity index (χ1n) is 7.27. The van der Waals surface area contributed by atoms with Crippen LogP contribution in [0.5, 0.6) is 0 Å². The van der Waals surface area contributed by atoms with Gasteiger partial charge in [-0.15, -0.1) is 0 Å². The van der Waals surface area contributed by atoms with Gasteiger partial charge in [0.05, 0.1) is 23.6 Å². The number of fused-ring (bicyclic) bond motifs is 1. The number of aliphatic hydroxyl groups is 1. The monoisotopic (exact) mass is 332 g/mol. The summed E-state index contributed by atoms with van der Waals surface area (Å²) in [7, 11) is 0. The normalized spacial score (nSPS) is 12.7. The molecule has 0 aliphatic carbocycles. The Bertz CT molecular complexity index is 914. The highest BCUT2D eigenvalue weighted by Gasteiger charge is 2.17. The van der Waals surface area contributed by atoms with Crippen molar-refractivity contribution < 1.29 is 5.11 Å². The van der Waals surface area contributed by atoms with Crippen molar-refractivity contribution in [2.24, 2.45) is 5.73 Å². The molecule has 7 heteroatoms. The average Bonchev–Trinajstić information content (AvgIpc) is 2.95. The highest BCUT2D eigenvalue weighted by molar-refractivity contribution is 6.35. The van der Waals surface area contributed by atoms with Crippen molar-refractivity contribution in [2.75, 3.05) is 6.61 Å². The van der Waals surface area contributed by atoms with E-state index in [9.17, 15) is 4.79 Å². The van der Waals surface area contributed by atoms with Gasteiger partial charge in [0.15, 0.2) is 5.82 Å². The second-order valence-corrected chi connectivity index (χ2v) is 5.77. The first kappa shape index (κ1) is 15.7. The zero-order valence-electron chi connectivity index (χ0n) is 12.6. The minimum atomic E-state index is -0.353. The maximum absolute atomic E-state index is 13.0. The van der Waals surface area contributed by atoms with Crippen LogP contribution >= 0.6 is 11.6 Å². The topological polar surface area (TPSA) is 86.1 Å². The largest absolute Gasteiger partial charge is 0.394 e. The quantitative estimate of drug-likeness (QED) is 0.763. The molecule has 0 fully saturated rings. The van der Waals surface area contributed by atoms with Gasteiger partial charge in [0.25, 0.3) is 5.56 Å². The minimum Gasteiger partial charge on any atom is -0.394 e. The summed E-state index contributed by atoms with van der Waals surface area (Å²) in [6.07, 6.45) is 1.71. The van der Waals surface area contributed by atoms with Crippen LogP contribution in [0.1, 0.15) is 18.7 Å². The van der Waals surface area contributed by atoms with Crippen LogP contribution in [-0.2, 0) is 6.54 Å². The number of halogens is 1. The number of nitrogens with two attached hydrogens (primary N) is 1. The number of aromatic nitrogens is 3. The van der Waals surface area contributed by atoms with Crippen molar-refractivity contribution in [1.29, 1.82) is 0 Å². The molecule has 3 rings (SSSR count). The summed E-state index contributed by atoms with van der Waals surface area (Å²) in [5.74, 6) is 0.456. The van der Waals surface area contributed by atoms with Gasteiger partial charge in [-0.3, -0.25) is 14.0 Å². The number of pyridine rings is 1. The molecule has 0 saturated heterocycles. The van der Waals surface area contributed by atoms with E-state index in [0.717, 1.165) is 5.39 Å². The average molecular weight is 333 g/mol. The predicted molar refractivity (Wildman–Crippen MR) is 90.0 cm³/mol. The lowest BCUT2D eigenvalue weighted by Gasteiger charge is -2.15. The van der Waals surface area contributed by atoms with E-state index >= 15 is 0 Å². The number of nitrogens with zero attached hydrogens (tertiary/aromatic N) is 3. The third-order valence-corrected chi connectivity index (χ3v) is 3.99. The molecular formula is C16H17ClN4O2. The Balaban J connectivity index is 2.32. The van der Waals surface area contributed by atoms with Crippen molar-refractivity contribution in [3.05, 3.63) is 57.6 Å². The fourth-order valence-corrected chi connectivity index (χ4v) is 2.87. The van der Waals surface area contributed by atoms with Gasteiger partial charge in [-0.2, -0.15) is 5.10 Å². The summed E-state index contributed by atoms with van der Waals surface area (Å²) < 4.78 is 3.05. The fraction of sp³-hybridized carbons (Fsp3) is 0.250. The van der Waals surface area contributed by atoms with Crippen molar-refractivity contribution >= 4 is 22.4 Å². The van der Waals surface area contributed by atoms with E-state index in [2.05, 4.69) is 5.10 Å². The molecule has 6 nitrogen and oxygen atoms in total. The second kappa shape index (κ2) is 6.16. The SMILES string of the molecule is C[C@H](N)c1cc2cccc(Cl)c2c(=O)n1-c1ccn(CCO)n1. The zero-order chi connectivity index (χ0) is 16.6. The van der Waals surface area contributed by atoms with Gasteiger partial charge in [0, 0.05) is 24.0 Å². The minimum absolute atomic E-state index is 0.0281. The van der Waals surface area contributed by atoms with E-state index in [4.69, 9.17) is 22.4 Å². The molecule has 3 aromatic rings. The highest BCUT2D eigenvalue weighted by atomic mass is 35.5. The van der Waals surface area contributed by atoms with Gasteiger partial charge in [-0.25, -0.2) is 0 Å². The Kier molecular flexibility index (Phi) is 4.21. The molecule has 1 atom stereocenters. The molecule has 0 radical (unpaired) electrons. The number of hydrogen-bond acceptors (Lipinski definition) is 4. The standard InChI is InChI=1S/C16H17ClN4O2/c1-10(18)13-9-11-3-2-4-12(17)15(11)16(23)21(13)14-5-6-20(19-14)7-8-22/h2-6,9-10,22H,7-8,18H2,1H3/t10-/m0/s1. The van der Waals surface area contributed by atoms with Gasteiger partial charge in [0.2, 0.25) is 0 Å². The Morgan fingerprint density at radius 2 is 2.17 bits per heavy atom. The van der Waals surface area contributed by atoms with Crippen LogP contribution in [-0.4, -0.2) is 26.1 Å². The van der Waals surface area contributed by atoms with Crippen molar-refractivity contribution in [3.63, 3.8) is 0 Å². The van der Waals surface area contributed by atoms with Gasteiger partial charge in [-0.05, 0) is 24.4 Å².